The van der Waals surface area contributed by atoms with E-state index in [0.717, 1.165) is 23.1 Å². The number of halogens is 2. The Balaban J connectivity index is 2.08. The lowest BCUT2D eigenvalue weighted by molar-refractivity contribution is 0.362. The van der Waals surface area contributed by atoms with Crippen molar-refractivity contribution in [3.63, 3.8) is 0 Å². The van der Waals surface area contributed by atoms with Crippen LogP contribution in [0.25, 0.3) is 0 Å². The summed E-state index contributed by atoms with van der Waals surface area (Å²) in [6, 6.07) is 0. The van der Waals surface area contributed by atoms with E-state index < -0.39 is 0 Å². The first kappa shape index (κ1) is 14.4. The molecule has 3 nitrogen and oxygen atoms in total. The van der Waals surface area contributed by atoms with Gasteiger partial charge >= 0.3 is 0 Å². The first-order chi connectivity index (χ1) is 8.62. The number of aryl methyl sites for hydroxylation is 2. The van der Waals surface area contributed by atoms with E-state index in [0.29, 0.717) is 5.88 Å². The maximum absolute atomic E-state index is 6.15. The molecular formula is C13H21BrClN3. The molecule has 5 heteroatoms. The van der Waals surface area contributed by atoms with Crippen molar-refractivity contribution in [2.24, 2.45) is 7.05 Å². The first-order valence-corrected chi connectivity index (χ1v) is 7.96. The third kappa shape index (κ3) is 2.75. The molecule has 1 aliphatic carbocycles. The van der Waals surface area contributed by atoms with E-state index in [1.165, 1.54) is 31.4 Å². The summed E-state index contributed by atoms with van der Waals surface area (Å²) in [7, 11) is 2.00. The number of alkyl halides is 1. The normalized spacial score (nSPS) is 18.4. The van der Waals surface area contributed by atoms with Gasteiger partial charge in [-0.15, -0.1) is 11.6 Å². The van der Waals surface area contributed by atoms with E-state index in [4.69, 9.17) is 11.6 Å². The molecule has 0 atom stereocenters. The minimum Gasteiger partial charge on any atom is -0.304 e. The van der Waals surface area contributed by atoms with Gasteiger partial charge in [-0.25, -0.2) is 0 Å². The highest BCUT2D eigenvalue weighted by Crippen LogP contribution is 2.31. The predicted molar refractivity (Wildman–Crippen MR) is 79.0 cm³/mol. The van der Waals surface area contributed by atoms with Crippen molar-refractivity contribution >= 4 is 27.5 Å². The lowest BCUT2D eigenvalue weighted by Crippen LogP contribution is -2.44. The Morgan fingerprint density at radius 3 is 2.61 bits per heavy atom. The molecule has 1 aromatic rings. The van der Waals surface area contributed by atoms with Gasteiger partial charge in [0.25, 0.3) is 0 Å². The van der Waals surface area contributed by atoms with E-state index >= 15 is 0 Å². The van der Waals surface area contributed by atoms with Crippen molar-refractivity contribution in [1.82, 2.24) is 15.1 Å². The fourth-order valence-electron chi connectivity index (χ4n) is 2.69. The number of rotatable bonds is 5. The van der Waals surface area contributed by atoms with Crippen LogP contribution in [0.5, 0.6) is 0 Å². The van der Waals surface area contributed by atoms with E-state index in [2.05, 4.69) is 33.3 Å². The van der Waals surface area contributed by atoms with Crippen molar-refractivity contribution in [1.29, 1.82) is 0 Å². The lowest BCUT2D eigenvalue weighted by atomic mass is 10.0. The molecule has 1 aliphatic rings. The minimum absolute atomic E-state index is 0.137. The highest BCUT2D eigenvalue weighted by Gasteiger charge is 2.32. The second-order valence-corrected chi connectivity index (χ2v) is 6.22. The van der Waals surface area contributed by atoms with Crippen LogP contribution in [0, 0.1) is 0 Å². The number of aromatic nitrogens is 2. The lowest BCUT2D eigenvalue weighted by Gasteiger charge is -2.28. The predicted octanol–water partition coefficient (Wildman–Crippen LogP) is 3.39. The average molecular weight is 335 g/mol. The summed E-state index contributed by atoms with van der Waals surface area (Å²) in [6.07, 6.45) is 5.90. The molecule has 1 N–H and O–H groups in total. The quantitative estimate of drug-likeness (QED) is 0.837. The molecule has 1 aromatic heterocycles. The Hall–Kier alpha value is -0.0600. The van der Waals surface area contributed by atoms with Gasteiger partial charge < -0.3 is 5.32 Å². The minimum atomic E-state index is 0.137. The number of hydrogen-bond donors (Lipinski definition) is 1. The standard InChI is InChI=1S/C13H21BrClN3/c1-3-10-12(14)11(18(2)17-10)8-16-13(9-15)6-4-5-7-13/h16H,3-9H2,1-2H3. The Kier molecular flexibility index (Phi) is 4.73. The highest BCUT2D eigenvalue weighted by molar-refractivity contribution is 9.10. The van der Waals surface area contributed by atoms with Crippen LogP contribution in [0.2, 0.25) is 0 Å². The topological polar surface area (TPSA) is 29.9 Å². The zero-order valence-corrected chi connectivity index (χ0v) is 13.4. The smallest absolute Gasteiger partial charge is 0.0767 e. The SMILES string of the molecule is CCc1nn(C)c(CNC2(CCl)CCCC2)c1Br. The van der Waals surface area contributed by atoms with Crippen molar-refractivity contribution in [3.8, 4) is 0 Å². The fraction of sp³-hybridized carbons (Fsp3) is 0.769. The van der Waals surface area contributed by atoms with E-state index in [1.807, 2.05) is 11.7 Å². The summed E-state index contributed by atoms with van der Waals surface area (Å²) in [6.45, 7) is 2.96. The van der Waals surface area contributed by atoms with Gasteiger partial charge in [-0.05, 0) is 35.2 Å². The molecular weight excluding hydrogens is 314 g/mol. The van der Waals surface area contributed by atoms with Crippen LogP contribution >= 0.6 is 27.5 Å². The molecule has 1 fully saturated rings. The summed E-state index contributed by atoms with van der Waals surface area (Å²) < 4.78 is 3.11. The maximum atomic E-state index is 6.15. The van der Waals surface area contributed by atoms with E-state index in [-0.39, 0.29) is 5.54 Å². The highest BCUT2D eigenvalue weighted by atomic mass is 79.9. The van der Waals surface area contributed by atoms with E-state index in [1.54, 1.807) is 0 Å². The molecule has 0 bridgehead atoms. The molecule has 0 saturated heterocycles. The Bertz CT molecular complexity index is 411. The van der Waals surface area contributed by atoms with Gasteiger partial charge in [0.05, 0.1) is 15.9 Å². The number of nitrogens with one attached hydrogen (secondary N) is 1. The summed E-state index contributed by atoms with van der Waals surface area (Å²) >= 11 is 9.80. The van der Waals surface area contributed by atoms with Gasteiger partial charge in [0, 0.05) is 25.0 Å². The molecule has 0 aromatic carbocycles. The van der Waals surface area contributed by atoms with Gasteiger partial charge in [0.1, 0.15) is 0 Å². The molecule has 1 heterocycles. The van der Waals surface area contributed by atoms with Gasteiger partial charge in [-0.3, -0.25) is 4.68 Å². The van der Waals surface area contributed by atoms with Crippen LogP contribution < -0.4 is 5.32 Å². The maximum Gasteiger partial charge on any atom is 0.0767 e. The molecule has 18 heavy (non-hydrogen) atoms. The first-order valence-electron chi connectivity index (χ1n) is 6.63. The van der Waals surface area contributed by atoms with Gasteiger partial charge in [-0.1, -0.05) is 19.8 Å². The van der Waals surface area contributed by atoms with E-state index in [9.17, 15) is 0 Å². The largest absolute Gasteiger partial charge is 0.304 e. The Labute approximate surface area is 122 Å². The molecule has 2 rings (SSSR count). The van der Waals surface area contributed by atoms with Crippen molar-refractivity contribution in [3.05, 3.63) is 15.9 Å². The van der Waals surface area contributed by atoms with Crippen molar-refractivity contribution < 1.29 is 0 Å². The van der Waals surface area contributed by atoms with Crippen molar-refractivity contribution in [2.45, 2.75) is 51.1 Å². The summed E-state index contributed by atoms with van der Waals surface area (Å²) in [5, 5.41) is 8.18. The zero-order chi connectivity index (χ0) is 13.2. The summed E-state index contributed by atoms with van der Waals surface area (Å²) in [5.74, 6) is 0.698. The summed E-state index contributed by atoms with van der Waals surface area (Å²) in [4.78, 5) is 0. The van der Waals surface area contributed by atoms with Crippen LogP contribution in [0.1, 0.15) is 44.0 Å². The summed E-state index contributed by atoms with van der Waals surface area (Å²) in [5.41, 5.74) is 2.47. The monoisotopic (exact) mass is 333 g/mol. The van der Waals surface area contributed by atoms with Gasteiger partial charge in [0.15, 0.2) is 0 Å². The molecule has 0 amide bonds. The number of hydrogen-bond acceptors (Lipinski definition) is 2. The van der Waals surface area contributed by atoms with Crippen LogP contribution in [0.3, 0.4) is 0 Å². The third-order valence-electron chi connectivity index (χ3n) is 3.95. The second kappa shape index (κ2) is 5.93. The van der Waals surface area contributed by atoms with Gasteiger partial charge in [-0.2, -0.15) is 5.10 Å². The Morgan fingerprint density at radius 2 is 2.11 bits per heavy atom. The third-order valence-corrected chi connectivity index (χ3v) is 5.38. The van der Waals surface area contributed by atoms with Crippen LogP contribution in [0.15, 0.2) is 4.47 Å². The second-order valence-electron chi connectivity index (χ2n) is 5.16. The fourth-order valence-corrected chi connectivity index (χ4v) is 3.81. The molecule has 0 radical (unpaired) electrons. The van der Waals surface area contributed by atoms with Crippen molar-refractivity contribution in [2.75, 3.05) is 5.88 Å². The van der Waals surface area contributed by atoms with Gasteiger partial charge in [0.2, 0.25) is 0 Å². The van der Waals surface area contributed by atoms with Crippen LogP contribution in [0.4, 0.5) is 0 Å². The molecule has 1 saturated carbocycles. The van der Waals surface area contributed by atoms with Crippen LogP contribution in [-0.4, -0.2) is 21.2 Å². The zero-order valence-electron chi connectivity index (χ0n) is 11.1. The average Bonchev–Trinajstić information content (AvgIpc) is 2.94. The molecule has 0 spiro atoms. The molecule has 0 aliphatic heterocycles. The molecule has 0 unspecified atom stereocenters. The van der Waals surface area contributed by atoms with Crippen LogP contribution in [-0.2, 0) is 20.0 Å². The molecule has 102 valence electrons. The number of nitrogens with zero attached hydrogens (tertiary/aromatic N) is 2. The Morgan fingerprint density at radius 1 is 1.44 bits per heavy atom.